The van der Waals surface area contributed by atoms with E-state index in [1.807, 2.05) is 6.92 Å². The number of benzene rings is 1. The van der Waals surface area contributed by atoms with Gasteiger partial charge in [0.2, 0.25) is 5.91 Å². The van der Waals surface area contributed by atoms with E-state index >= 15 is 0 Å². The summed E-state index contributed by atoms with van der Waals surface area (Å²) in [7, 11) is 0. The summed E-state index contributed by atoms with van der Waals surface area (Å²) in [5, 5.41) is 10.5. The molecular formula is C27H33ClN2O5S. The fourth-order valence-corrected chi connectivity index (χ4v) is 8.71. The van der Waals surface area contributed by atoms with Crippen LogP contribution in [-0.2, 0) is 19.1 Å². The van der Waals surface area contributed by atoms with E-state index < -0.39 is 39.4 Å². The third kappa shape index (κ3) is 4.07. The molecule has 3 aliphatic heterocycles. The first-order valence-corrected chi connectivity index (χ1v) is 13.4. The number of thioether (sulfide) groups is 1. The predicted octanol–water partition coefficient (Wildman–Crippen LogP) is 3.84. The van der Waals surface area contributed by atoms with E-state index in [1.54, 1.807) is 60.0 Å². The lowest BCUT2D eigenvalue weighted by Gasteiger charge is -2.39. The van der Waals surface area contributed by atoms with E-state index in [1.165, 1.54) is 4.90 Å². The molecule has 0 aliphatic carbocycles. The Bertz CT molecular complexity index is 1080. The second-order valence-corrected chi connectivity index (χ2v) is 12.2. The monoisotopic (exact) mass is 532 g/mol. The number of esters is 1. The van der Waals surface area contributed by atoms with Crippen LogP contribution in [0.25, 0.3) is 0 Å². The number of aliphatic hydroxyl groups excluding tert-OH is 1. The van der Waals surface area contributed by atoms with Gasteiger partial charge in [-0.2, -0.15) is 0 Å². The van der Waals surface area contributed by atoms with Gasteiger partial charge in [-0.25, -0.2) is 0 Å². The van der Waals surface area contributed by atoms with Gasteiger partial charge >= 0.3 is 5.97 Å². The summed E-state index contributed by atoms with van der Waals surface area (Å²) in [6.07, 6.45) is 5.11. The van der Waals surface area contributed by atoms with Crippen molar-refractivity contribution >= 4 is 46.8 Å². The van der Waals surface area contributed by atoms with Crippen LogP contribution in [0.4, 0.5) is 5.69 Å². The summed E-state index contributed by atoms with van der Waals surface area (Å²) in [5.74, 6) is -2.37. The smallest absolute Gasteiger partial charge is 0.311 e. The minimum absolute atomic E-state index is 0.199. The number of hydrogen-bond acceptors (Lipinski definition) is 6. The molecule has 1 aromatic rings. The van der Waals surface area contributed by atoms with Gasteiger partial charge in [0.1, 0.15) is 6.04 Å². The highest BCUT2D eigenvalue weighted by molar-refractivity contribution is 8.02. The van der Waals surface area contributed by atoms with Gasteiger partial charge in [-0.3, -0.25) is 14.4 Å². The Labute approximate surface area is 221 Å². The summed E-state index contributed by atoms with van der Waals surface area (Å²) in [6, 6.07) is 5.58. The lowest BCUT2D eigenvalue weighted by molar-refractivity contribution is -0.155. The Morgan fingerprint density at radius 2 is 2.06 bits per heavy atom. The van der Waals surface area contributed by atoms with Crippen LogP contribution in [0.3, 0.4) is 0 Å². The SMILES string of the molecule is C=CCCOC(=O)[C@@H]1[C@H]2C(=O)N([C@H](C)CO)C(C(=O)N(CC=C)c3ccccc3Cl)C23CC[C@@]1(C)S3. The van der Waals surface area contributed by atoms with Crippen LogP contribution in [0, 0.1) is 11.8 Å². The number of halogens is 1. The highest BCUT2D eigenvalue weighted by Crippen LogP contribution is 2.71. The van der Waals surface area contributed by atoms with E-state index in [2.05, 4.69) is 13.2 Å². The molecule has 0 aromatic heterocycles. The lowest BCUT2D eigenvalue weighted by atomic mass is 9.66. The summed E-state index contributed by atoms with van der Waals surface area (Å²) < 4.78 is 4.22. The number of aliphatic hydroxyl groups is 1. The van der Waals surface area contributed by atoms with E-state index in [0.717, 1.165) is 0 Å². The second kappa shape index (κ2) is 10.2. The van der Waals surface area contributed by atoms with Gasteiger partial charge in [0.05, 0.1) is 46.5 Å². The molecule has 1 aromatic carbocycles. The number of rotatable bonds is 10. The molecule has 194 valence electrons. The summed E-state index contributed by atoms with van der Waals surface area (Å²) in [4.78, 5) is 44.8. The average molecular weight is 533 g/mol. The number of carbonyl (C=O) groups is 3. The minimum atomic E-state index is -0.869. The lowest BCUT2D eigenvalue weighted by Crippen LogP contribution is -2.57. The number of hydrogen-bond donors (Lipinski definition) is 1. The van der Waals surface area contributed by atoms with Crippen LogP contribution >= 0.6 is 23.4 Å². The fraction of sp³-hybridized carbons (Fsp3) is 0.519. The first-order chi connectivity index (χ1) is 17.2. The van der Waals surface area contributed by atoms with Crippen molar-refractivity contribution < 1.29 is 24.2 Å². The molecule has 7 nitrogen and oxygen atoms in total. The molecule has 4 rings (SSSR count). The quantitative estimate of drug-likeness (QED) is 0.280. The maximum Gasteiger partial charge on any atom is 0.311 e. The van der Waals surface area contributed by atoms with Gasteiger partial charge in [-0.15, -0.1) is 24.9 Å². The molecule has 3 saturated heterocycles. The Kier molecular flexibility index (Phi) is 7.60. The zero-order chi connectivity index (χ0) is 26.3. The molecule has 2 bridgehead atoms. The predicted molar refractivity (Wildman–Crippen MR) is 142 cm³/mol. The van der Waals surface area contributed by atoms with Gasteiger partial charge in [0, 0.05) is 11.3 Å². The highest BCUT2D eigenvalue weighted by atomic mass is 35.5. The van der Waals surface area contributed by atoms with Crippen molar-refractivity contribution in [2.75, 3.05) is 24.7 Å². The van der Waals surface area contributed by atoms with Gasteiger partial charge in [0.25, 0.3) is 5.91 Å². The molecule has 1 spiro atoms. The number of fused-ring (bicyclic) bond motifs is 1. The molecule has 36 heavy (non-hydrogen) atoms. The standard InChI is InChI=1S/C27H33ClN2O5S/c1-5-7-15-35-25(34)21-20-23(32)30(17(3)16-31)22(27(20)13-12-26(21,4)36-27)24(33)29(14-6-2)19-11-9-8-10-18(19)28/h5-6,8-11,17,20-22,31H,1-2,7,12-16H2,3-4H3/t17-,20+,21+,22?,26-,27?/m1/s1. The zero-order valence-corrected chi connectivity index (χ0v) is 22.3. The zero-order valence-electron chi connectivity index (χ0n) is 20.7. The molecule has 0 saturated carbocycles. The Morgan fingerprint density at radius 3 is 2.69 bits per heavy atom. The molecule has 9 heteroatoms. The molecule has 3 fully saturated rings. The van der Waals surface area contributed by atoms with Crippen LogP contribution in [0.15, 0.2) is 49.6 Å². The van der Waals surface area contributed by atoms with Crippen LogP contribution in [0.5, 0.6) is 0 Å². The maximum atomic E-state index is 14.4. The van der Waals surface area contributed by atoms with Crippen molar-refractivity contribution in [3.8, 4) is 0 Å². The van der Waals surface area contributed by atoms with E-state index in [0.29, 0.717) is 30.0 Å². The molecule has 3 heterocycles. The van der Waals surface area contributed by atoms with Gasteiger partial charge in [0.15, 0.2) is 0 Å². The number of nitrogens with zero attached hydrogens (tertiary/aromatic N) is 2. The second-order valence-electron chi connectivity index (χ2n) is 9.94. The van der Waals surface area contributed by atoms with Crippen molar-refractivity contribution in [2.24, 2.45) is 11.8 Å². The van der Waals surface area contributed by atoms with Gasteiger partial charge in [-0.05, 0) is 45.2 Å². The van der Waals surface area contributed by atoms with Crippen molar-refractivity contribution in [3.63, 3.8) is 0 Å². The third-order valence-electron chi connectivity index (χ3n) is 7.73. The van der Waals surface area contributed by atoms with E-state index in [9.17, 15) is 19.5 Å². The topological polar surface area (TPSA) is 87.1 Å². The molecule has 1 N–H and O–H groups in total. The maximum absolute atomic E-state index is 14.4. The Hall–Kier alpha value is -2.29. The number of para-hydroxylation sites is 1. The number of likely N-dealkylation sites (tertiary alicyclic amines) is 1. The van der Waals surface area contributed by atoms with Crippen LogP contribution in [0.1, 0.15) is 33.1 Å². The first kappa shape index (κ1) is 26.8. The van der Waals surface area contributed by atoms with Crippen molar-refractivity contribution in [3.05, 3.63) is 54.6 Å². The Morgan fingerprint density at radius 1 is 1.33 bits per heavy atom. The average Bonchev–Trinajstić information content (AvgIpc) is 3.43. The minimum Gasteiger partial charge on any atom is -0.465 e. The van der Waals surface area contributed by atoms with Crippen LogP contribution in [-0.4, -0.2) is 69.1 Å². The molecule has 6 atom stereocenters. The molecule has 2 amide bonds. The number of anilines is 1. The Balaban J connectivity index is 1.79. The van der Waals surface area contributed by atoms with E-state index in [4.69, 9.17) is 16.3 Å². The third-order valence-corrected chi connectivity index (χ3v) is 10.0. The van der Waals surface area contributed by atoms with Crippen LogP contribution < -0.4 is 4.90 Å². The molecular weight excluding hydrogens is 500 g/mol. The van der Waals surface area contributed by atoms with Crippen molar-refractivity contribution in [1.29, 1.82) is 0 Å². The van der Waals surface area contributed by atoms with Crippen LogP contribution in [0.2, 0.25) is 5.02 Å². The van der Waals surface area contributed by atoms with Gasteiger partial charge < -0.3 is 19.6 Å². The summed E-state index contributed by atoms with van der Waals surface area (Å²) >= 11 is 8.04. The van der Waals surface area contributed by atoms with E-state index in [-0.39, 0.29) is 31.6 Å². The van der Waals surface area contributed by atoms with Crippen molar-refractivity contribution in [2.45, 2.75) is 54.7 Å². The summed E-state index contributed by atoms with van der Waals surface area (Å²) in [5.41, 5.74) is 0.525. The highest BCUT2D eigenvalue weighted by Gasteiger charge is 2.78. The van der Waals surface area contributed by atoms with Crippen molar-refractivity contribution in [1.82, 2.24) is 4.90 Å². The number of amides is 2. The first-order valence-electron chi connectivity index (χ1n) is 12.2. The molecule has 0 radical (unpaired) electrons. The van der Waals surface area contributed by atoms with Gasteiger partial charge in [-0.1, -0.05) is 35.9 Å². The molecule has 3 aliphatic rings. The number of ether oxygens (including phenoxy) is 1. The fourth-order valence-electron chi connectivity index (χ4n) is 6.15. The molecule has 2 unspecified atom stereocenters. The largest absolute Gasteiger partial charge is 0.465 e. The normalized spacial score (nSPS) is 31.2. The number of carbonyl (C=O) groups excluding carboxylic acids is 3. The summed E-state index contributed by atoms with van der Waals surface area (Å²) in [6.45, 7) is 11.3.